The van der Waals surface area contributed by atoms with Crippen molar-refractivity contribution in [3.8, 4) is 0 Å². The summed E-state index contributed by atoms with van der Waals surface area (Å²) in [7, 11) is 0. The molecular formula is C25H31N3O. The summed E-state index contributed by atoms with van der Waals surface area (Å²) in [5, 5.41) is 0. The number of rotatable bonds is 5. The molecule has 2 aromatic rings. The molecule has 0 unspecified atom stereocenters. The largest absolute Gasteiger partial charge is 0.308 e. The fourth-order valence-corrected chi connectivity index (χ4v) is 4.49. The van der Waals surface area contributed by atoms with Crippen LogP contribution < -0.4 is 4.90 Å². The number of carbonyl (C=O) groups is 1. The SMILES string of the molecule is C[C@@H]1Cc2ccccc2N1C(=O)[C@H](C)N1CCN(C/C=C/c2ccccc2)CC1. The van der Waals surface area contributed by atoms with Crippen LogP contribution in [0, 0.1) is 0 Å². The Balaban J connectivity index is 1.30. The van der Waals surface area contributed by atoms with Crippen molar-refractivity contribution in [3.05, 3.63) is 71.8 Å². The lowest BCUT2D eigenvalue weighted by atomic mass is 10.1. The van der Waals surface area contributed by atoms with Crippen LogP contribution in [0.3, 0.4) is 0 Å². The van der Waals surface area contributed by atoms with Gasteiger partial charge in [0.1, 0.15) is 0 Å². The predicted octanol–water partition coefficient (Wildman–Crippen LogP) is 3.68. The molecular weight excluding hydrogens is 358 g/mol. The summed E-state index contributed by atoms with van der Waals surface area (Å²) in [5.74, 6) is 0.236. The molecule has 2 aromatic carbocycles. The van der Waals surface area contributed by atoms with Crippen molar-refractivity contribution >= 4 is 17.7 Å². The number of nitrogens with zero attached hydrogens (tertiary/aromatic N) is 3. The summed E-state index contributed by atoms with van der Waals surface area (Å²) in [6.45, 7) is 9.07. The van der Waals surface area contributed by atoms with Crippen LogP contribution in [-0.2, 0) is 11.2 Å². The fourth-order valence-electron chi connectivity index (χ4n) is 4.49. The second-order valence-corrected chi connectivity index (χ2v) is 8.22. The van der Waals surface area contributed by atoms with E-state index in [1.54, 1.807) is 0 Å². The van der Waals surface area contributed by atoms with Crippen molar-refractivity contribution in [1.82, 2.24) is 9.80 Å². The maximum Gasteiger partial charge on any atom is 0.244 e. The molecule has 2 aliphatic rings. The molecule has 4 nitrogen and oxygen atoms in total. The maximum atomic E-state index is 13.3. The molecule has 0 aliphatic carbocycles. The van der Waals surface area contributed by atoms with E-state index in [0.717, 1.165) is 44.8 Å². The smallest absolute Gasteiger partial charge is 0.244 e. The first-order chi connectivity index (χ1) is 14.1. The lowest BCUT2D eigenvalue weighted by molar-refractivity contribution is -0.124. The minimum absolute atomic E-state index is 0.0781. The van der Waals surface area contributed by atoms with Crippen LogP contribution in [0.5, 0.6) is 0 Å². The Morgan fingerprint density at radius 3 is 2.48 bits per heavy atom. The molecule has 0 bridgehead atoms. The molecule has 0 spiro atoms. The second kappa shape index (κ2) is 8.93. The molecule has 0 N–H and O–H groups in total. The van der Waals surface area contributed by atoms with Gasteiger partial charge in [-0.15, -0.1) is 0 Å². The van der Waals surface area contributed by atoms with E-state index >= 15 is 0 Å². The number of benzene rings is 2. The highest BCUT2D eigenvalue weighted by atomic mass is 16.2. The van der Waals surface area contributed by atoms with Crippen LogP contribution in [0.2, 0.25) is 0 Å². The van der Waals surface area contributed by atoms with Crippen LogP contribution in [0.1, 0.15) is 25.0 Å². The van der Waals surface area contributed by atoms with Gasteiger partial charge in [-0.1, -0.05) is 60.7 Å². The van der Waals surface area contributed by atoms with Crippen molar-refractivity contribution in [2.45, 2.75) is 32.4 Å². The number of hydrogen-bond donors (Lipinski definition) is 0. The molecule has 0 aromatic heterocycles. The van der Waals surface area contributed by atoms with Crippen LogP contribution >= 0.6 is 0 Å². The van der Waals surface area contributed by atoms with E-state index in [0.29, 0.717) is 0 Å². The van der Waals surface area contributed by atoms with E-state index in [1.165, 1.54) is 11.1 Å². The van der Waals surface area contributed by atoms with Crippen LogP contribution in [0.15, 0.2) is 60.7 Å². The van der Waals surface area contributed by atoms with Crippen molar-refractivity contribution in [2.24, 2.45) is 0 Å². The van der Waals surface area contributed by atoms with Gasteiger partial charge in [0, 0.05) is 44.5 Å². The Morgan fingerprint density at radius 1 is 1.03 bits per heavy atom. The van der Waals surface area contributed by atoms with Crippen molar-refractivity contribution in [1.29, 1.82) is 0 Å². The summed E-state index contributed by atoms with van der Waals surface area (Å²) in [6, 6.07) is 18.9. The topological polar surface area (TPSA) is 26.8 Å². The maximum absolute atomic E-state index is 13.3. The lowest BCUT2D eigenvalue weighted by Gasteiger charge is -2.38. The van der Waals surface area contributed by atoms with Gasteiger partial charge in [0.25, 0.3) is 0 Å². The average molecular weight is 390 g/mol. The fraction of sp³-hybridized carbons (Fsp3) is 0.400. The van der Waals surface area contributed by atoms with Gasteiger partial charge in [-0.05, 0) is 37.5 Å². The van der Waals surface area contributed by atoms with Gasteiger partial charge in [0.2, 0.25) is 5.91 Å². The van der Waals surface area contributed by atoms with E-state index < -0.39 is 0 Å². The Bertz CT molecular complexity index is 855. The number of para-hydroxylation sites is 1. The quantitative estimate of drug-likeness (QED) is 0.780. The first-order valence-corrected chi connectivity index (χ1v) is 10.7. The number of hydrogen-bond acceptors (Lipinski definition) is 3. The minimum atomic E-state index is -0.0781. The Morgan fingerprint density at radius 2 is 1.72 bits per heavy atom. The van der Waals surface area contributed by atoms with Gasteiger partial charge >= 0.3 is 0 Å². The first kappa shape index (κ1) is 19.9. The van der Waals surface area contributed by atoms with Gasteiger partial charge in [-0.25, -0.2) is 0 Å². The van der Waals surface area contributed by atoms with Crippen molar-refractivity contribution in [2.75, 3.05) is 37.6 Å². The number of carbonyl (C=O) groups excluding carboxylic acids is 1. The Labute approximate surface area is 174 Å². The van der Waals surface area contributed by atoms with Gasteiger partial charge in [-0.3, -0.25) is 14.6 Å². The summed E-state index contributed by atoms with van der Waals surface area (Å²) in [4.78, 5) is 20.1. The Kier molecular flexibility index (Phi) is 6.12. The third-order valence-electron chi connectivity index (χ3n) is 6.23. The summed E-state index contributed by atoms with van der Waals surface area (Å²) >= 11 is 0. The van der Waals surface area contributed by atoms with Crippen molar-refractivity contribution < 1.29 is 4.79 Å². The molecule has 0 radical (unpaired) electrons. The zero-order chi connectivity index (χ0) is 20.2. The van der Waals surface area contributed by atoms with Gasteiger partial charge < -0.3 is 4.90 Å². The van der Waals surface area contributed by atoms with Crippen molar-refractivity contribution in [3.63, 3.8) is 0 Å². The first-order valence-electron chi connectivity index (χ1n) is 10.7. The molecule has 2 heterocycles. The normalized spacial score (nSPS) is 21.4. The molecule has 152 valence electrons. The van der Waals surface area contributed by atoms with Gasteiger partial charge in [0.15, 0.2) is 0 Å². The number of amides is 1. The van der Waals surface area contributed by atoms with Crippen LogP contribution in [-0.4, -0.2) is 60.5 Å². The Hall–Kier alpha value is -2.43. The molecule has 1 amide bonds. The highest BCUT2D eigenvalue weighted by Gasteiger charge is 2.35. The molecule has 2 aliphatic heterocycles. The minimum Gasteiger partial charge on any atom is -0.308 e. The summed E-state index contributed by atoms with van der Waals surface area (Å²) < 4.78 is 0. The van der Waals surface area contributed by atoms with E-state index in [-0.39, 0.29) is 18.0 Å². The third kappa shape index (κ3) is 4.44. The predicted molar refractivity (Wildman–Crippen MR) is 120 cm³/mol. The number of anilines is 1. The molecule has 29 heavy (non-hydrogen) atoms. The van der Waals surface area contributed by atoms with Gasteiger partial charge in [0.05, 0.1) is 6.04 Å². The summed E-state index contributed by atoms with van der Waals surface area (Å²) in [6.07, 6.45) is 5.38. The molecule has 4 heteroatoms. The zero-order valence-electron chi connectivity index (χ0n) is 17.5. The molecule has 0 saturated carbocycles. The molecule has 1 fully saturated rings. The monoisotopic (exact) mass is 389 g/mol. The standard InChI is InChI=1S/C25H31N3O/c1-20-19-23-12-6-7-13-24(23)28(20)25(29)21(2)27-17-15-26(16-18-27)14-8-11-22-9-4-3-5-10-22/h3-13,20-21H,14-19H2,1-2H3/b11-8+/t20-,21+/m1/s1. The van der Waals surface area contributed by atoms with E-state index in [9.17, 15) is 4.79 Å². The second-order valence-electron chi connectivity index (χ2n) is 8.22. The van der Waals surface area contributed by atoms with E-state index in [1.807, 2.05) is 17.0 Å². The third-order valence-corrected chi connectivity index (χ3v) is 6.23. The van der Waals surface area contributed by atoms with Crippen LogP contribution in [0.25, 0.3) is 6.08 Å². The highest BCUT2D eigenvalue weighted by molar-refractivity contribution is 5.99. The highest BCUT2D eigenvalue weighted by Crippen LogP contribution is 2.32. The lowest BCUT2D eigenvalue weighted by Crippen LogP contribution is -2.55. The number of piperazine rings is 1. The molecule has 1 saturated heterocycles. The number of fused-ring (bicyclic) bond motifs is 1. The van der Waals surface area contributed by atoms with Gasteiger partial charge in [-0.2, -0.15) is 0 Å². The van der Waals surface area contributed by atoms with E-state index in [4.69, 9.17) is 0 Å². The molecule has 2 atom stereocenters. The van der Waals surface area contributed by atoms with Crippen LogP contribution in [0.4, 0.5) is 5.69 Å². The van der Waals surface area contributed by atoms with E-state index in [2.05, 4.69) is 78.3 Å². The zero-order valence-corrected chi connectivity index (χ0v) is 17.5. The molecule has 4 rings (SSSR count). The average Bonchev–Trinajstić information content (AvgIpc) is 3.09. The summed E-state index contributed by atoms with van der Waals surface area (Å²) in [5.41, 5.74) is 3.63.